The van der Waals surface area contributed by atoms with Crippen LogP contribution in [-0.2, 0) is 25.2 Å². The number of methoxy groups -OCH3 is 1. The van der Waals surface area contributed by atoms with Crippen LogP contribution in [-0.4, -0.2) is 29.2 Å². The smallest absolute Gasteiger partial charge is 0.399 e. The lowest BCUT2D eigenvalue weighted by Gasteiger charge is -2.04. The van der Waals surface area contributed by atoms with Crippen LogP contribution in [0.2, 0.25) is 0 Å². The zero-order valence-corrected chi connectivity index (χ0v) is 10.7. The maximum Gasteiger partial charge on any atom is 0.399 e. The summed E-state index contributed by atoms with van der Waals surface area (Å²) in [7, 11) is -1.13. The van der Waals surface area contributed by atoms with Gasteiger partial charge < -0.3 is 4.74 Å². The van der Waals surface area contributed by atoms with E-state index in [0.717, 1.165) is 24.8 Å². The van der Waals surface area contributed by atoms with Crippen molar-refractivity contribution in [1.82, 2.24) is 0 Å². The Morgan fingerprint density at radius 2 is 1.76 bits per heavy atom. The van der Waals surface area contributed by atoms with Gasteiger partial charge in [-0.3, -0.25) is 4.18 Å². The van der Waals surface area contributed by atoms with E-state index < -0.39 is 10.4 Å². The van der Waals surface area contributed by atoms with E-state index in [-0.39, 0.29) is 6.61 Å². The molecule has 1 aromatic carbocycles. The van der Waals surface area contributed by atoms with Gasteiger partial charge in [0.25, 0.3) is 0 Å². The highest BCUT2D eigenvalue weighted by Gasteiger charge is 2.07. The van der Waals surface area contributed by atoms with E-state index >= 15 is 0 Å². The lowest BCUT2D eigenvalue weighted by molar-refractivity contribution is 0.241. The van der Waals surface area contributed by atoms with Gasteiger partial charge in [-0.1, -0.05) is 12.1 Å². The van der Waals surface area contributed by atoms with E-state index in [0.29, 0.717) is 6.42 Å². The molecule has 0 unspecified atom stereocenters. The maximum absolute atomic E-state index is 10.8. The summed E-state index contributed by atoms with van der Waals surface area (Å²) in [6.07, 6.45) is 1.35. The fourth-order valence-electron chi connectivity index (χ4n) is 1.28. The Balaban J connectivity index is 2.31. The molecule has 1 aromatic rings. The maximum atomic E-state index is 10.8. The lowest BCUT2D eigenvalue weighted by atomic mass is 10.1. The molecular weight excluding hydrogens is 244 g/mol. The summed E-state index contributed by atoms with van der Waals surface area (Å²) < 4.78 is 35.4. The van der Waals surface area contributed by atoms with Crippen molar-refractivity contribution < 1.29 is 21.5 Å². The molecule has 0 aliphatic heterocycles. The van der Waals surface area contributed by atoms with Crippen molar-refractivity contribution in [2.24, 2.45) is 0 Å². The summed E-state index contributed by atoms with van der Waals surface area (Å²) in [6.45, 7) is 0.113. The molecule has 6 heteroatoms. The summed E-state index contributed by atoms with van der Waals surface area (Å²) in [5.74, 6) is 0.798. The monoisotopic (exact) mass is 260 g/mol. The number of hydrogen-bond donors (Lipinski definition) is 0. The highest BCUT2D eigenvalue weighted by atomic mass is 32.3. The average Bonchev–Trinajstić information content (AvgIpc) is 2.35. The first-order chi connectivity index (χ1) is 8.07. The van der Waals surface area contributed by atoms with Gasteiger partial charge in [0.2, 0.25) is 0 Å². The predicted octanol–water partition coefficient (Wildman–Crippen LogP) is 1.54. The zero-order valence-electron chi connectivity index (χ0n) is 9.88. The van der Waals surface area contributed by atoms with Crippen molar-refractivity contribution in [2.45, 2.75) is 12.8 Å². The van der Waals surface area contributed by atoms with Crippen LogP contribution < -0.4 is 4.74 Å². The predicted molar refractivity (Wildman–Crippen MR) is 63.2 cm³/mol. The SMILES string of the molecule is COc1ccc(CCCOS(=O)(=O)OC)cc1. The highest BCUT2D eigenvalue weighted by Crippen LogP contribution is 2.12. The van der Waals surface area contributed by atoms with Gasteiger partial charge >= 0.3 is 10.4 Å². The van der Waals surface area contributed by atoms with E-state index in [1.165, 1.54) is 0 Å². The molecule has 0 saturated carbocycles. The molecule has 0 aliphatic rings. The topological polar surface area (TPSA) is 61.8 Å². The summed E-state index contributed by atoms with van der Waals surface area (Å²) >= 11 is 0. The number of aryl methyl sites for hydroxylation is 1. The van der Waals surface area contributed by atoms with E-state index in [4.69, 9.17) is 4.74 Å². The Bertz CT molecular complexity index is 424. The summed E-state index contributed by atoms with van der Waals surface area (Å²) in [6, 6.07) is 7.59. The summed E-state index contributed by atoms with van der Waals surface area (Å²) in [4.78, 5) is 0. The first kappa shape index (κ1) is 14.0. The molecule has 1 rings (SSSR count). The molecule has 0 aromatic heterocycles. The number of rotatable bonds is 7. The minimum atomic E-state index is -3.80. The molecule has 0 radical (unpaired) electrons. The first-order valence-corrected chi connectivity index (χ1v) is 6.48. The van der Waals surface area contributed by atoms with Crippen molar-refractivity contribution in [1.29, 1.82) is 0 Å². The second-order valence-corrected chi connectivity index (χ2v) is 4.73. The standard InChI is InChI=1S/C11H16O5S/c1-14-11-7-5-10(6-8-11)4-3-9-16-17(12,13)15-2/h5-8H,3-4,9H2,1-2H3. The van der Waals surface area contributed by atoms with Crippen molar-refractivity contribution in [2.75, 3.05) is 20.8 Å². The minimum absolute atomic E-state index is 0.113. The molecular formula is C11H16O5S. The summed E-state index contributed by atoms with van der Waals surface area (Å²) in [5, 5.41) is 0. The molecule has 0 fully saturated rings. The second kappa shape index (κ2) is 6.58. The molecule has 0 aliphatic carbocycles. The highest BCUT2D eigenvalue weighted by molar-refractivity contribution is 7.81. The quantitative estimate of drug-likeness (QED) is 0.696. The van der Waals surface area contributed by atoms with Gasteiger partial charge in [0.15, 0.2) is 0 Å². The van der Waals surface area contributed by atoms with Gasteiger partial charge in [-0.25, -0.2) is 4.18 Å². The Kier molecular flexibility index (Phi) is 5.40. The fourth-order valence-corrected chi connectivity index (χ4v) is 1.70. The Morgan fingerprint density at radius 1 is 1.12 bits per heavy atom. The molecule has 5 nitrogen and oxygen atoms in total. The molecule has 0 heterocycles. The van der Waals surface area contributed by atoms with E-state index in [2.05, 4.69) is 8.37 Å². The van der Waals surface area contributed by atoms with Gasteiger partial charge in [0.1, 0.15) is 5.75 Å². The van der Waals surface area contributed by atoms with Crippen LogP contribution in [0, 0.1) is 0 Å². The van der Waals surface area contributed by atoms with Crippen LogP contribution in [0.15, 0.2) is 24.3 Å². The number of hydrogen-bond acceptors (Lipinski definition) is 5. The molecule has 17 heavy (non-hydrogen) atoms. The van der Waals surface area contributed by atoms with Crippen LogP contribution in [0.3, 0.4) is 0 Å². The van der Waals surface area contributed by atoms with Gasteiger partial charge in [0, 0.05) is 0 Å². The van der Waals surface area contributed by atoms with Gasteiger partial charge in [-0.05, 0) is 30.5 Å². The average molecular weight is 260 g/mol. The largest absolute Gasteiger partial charge is 0.497 e. The third kappa shape index (κ3) is 5.16. The molecule has 0 amide bonds. The molecule has 0 spiro atoms. The van der Waals surface area contributed by atoms with E-state index in [1.807, 2.05) is 24.3 Å². The second-order valence-electron chi connectivity index (χ2n) is 3.35. The van der Waals surface area contributed by atoms with Crippen molar-refractivity contribution in [3.05, 3.63) is 29.8 Å². The Morgan fingerprint density at radius 3 is 2.29 bits per heavy atom. The molecule has 0 bridgehead atoms. The molecule has 0 atom stereocenters. The van der Waals surface area contributed by atoms with E-state index in [9.17, 15) is 8.42 Å². The minimum Gasteiger partial charge on any atom is -0.497 e. The number of ether oxygens (including phenoxy) is 1. The van der Waals surface area contributed by atoms with Crippen LogP contribution in [0.1, 0.15) is 12.0 Å². The molecule has 0 saturated heterocycles. The van der Waals surface area contributed by atoms with Gasteiger partial charge in [0.05, 0.1) is 20.8 Å². The van der Waals surface area contributed by atoms with Crippen LogP contribution in [0.25, 0.3) is 0 Å². The van der Waals surface area contributed by atoms with Gasteiger partial charge in [-0.15, -0.1) is 0 Å². The normalized spacial score (nSPS) is 11.4. The Hall–Kier alpha value is -1.11. The van der Waals surface area contributed by atoms with Crippen molar-refractivity contribution in [3.63, 3.8) is 0 Å². The third-order valence-electron chi connectivity index (χ3n) is 2.20. The number of benzene rings is 1. The van der Waals surface area contributed by atoms with Crippen molar-refractivity contribution >= 4 is 10.4 Å². The van der Waals surface area contributed by atoms with Crippen LogP contribution in [0.5, 0.6) is 5.75 Å². The van der Waals surface area contributed by atoms with Crippen LogP contribution in [0.4, 0.5) is 0 Å². The lowest BCUT2D eigenvalue weighted by Crippen LogP contribution is -2.08. The van der Waals surface area contributed by atoms with Crippen LogP contribution >= 0.6 is 0 Å². The zero-order chi connectivity index (χ0) is 12.7. The summed E-state index contributed by atoms with van der Waals surface area (Å²) in [5.41, 5.74) is 1.10. The third-order valence-corrected chi connectivity index (χ3v) is 3.06. The van der Waals surface area contributed by atoms with E-state index in [1.54, 1.807) is 7.11 Å². The van der Waals surface area contributed by atoms with Crippen molar-refractivity contribution in [3.8, 4) is 5.75 Å². The van der Waals surface area contributed by atoms with Gasteiger partial charge in [-0.2, -0.15) is 8.42 Å². The Labute approximate surface area is 102 Å². The molecule has 96 valence electrons. The molecule has 0 N–H and O–H groups in total. The first-order valence-electron chi connectivity index (χ1n) is 5.15. The fraction of sp³-hybridized carbons (Fsp3) is 0.455.